The van der Waals surface area contributed by atoms with Gasteiger partial charge in [-0.05, 0) is 0 Å². The van der Waals surface area contributed by atoms with Crippen molar-refractivity contribution in [3.05, 3.63) is 24.5 Å². The van der Waals surface area contributed by atoms with Gasteiger partial charge in [0.05, 0.1) is 0 Å². The molecular weight excluding hydrogens is 218 g/mol. The van der Waals surface area contributed by atoms with Crippen LogP contribution in [0.1, 0.15) is 26.5 Å². The van der Waals surface area contributed by atoms with Crippen LogP contribution in [0.3, 0.4) is 0 Å². The van der Waals surface area contributed by atoms with Gasteiger partial charge in [0, 0.05) is 25.1 Å². The molecule has 1 rings (SSSR count). The number of nitrogens with zero attached hydrogens (tertiary/aromatic N) is 2. The number of rotatable bonds is 3. The molecule has 1 aromatic rings. The zero-order valence-electron chi connectivity index (χ0n) is 10.8. The molecule has 0 atom stereocenters. The second kappa shape index (κ2) is 5.03. The molecule has 0 bridgehead atoms. The number of aromatic nitrogens is 1. The number of amides is 2. The summed E-state index contributed by atoms with van der Waals surface area (Å²) in [5, 5.41) is 6.46. The maximum Gasteiger partial charge on any atom is 0.323 e. The quantitative estimate of drug-likeness (QED) is 0.822. The summed E-state index contributed by atoms with van der Waals surface area (Å²) in [6, 6.07) is 1.50. The van der Waals surface area contributed by atoms with E-state index in [0.717, 1.165) is 5.76 Å². The van der Waals surface area contributed by atoms with Crippen LogP contribution in [0.25, 0.3) is 0 Å². The fourth-order valence-corrected chi connectivity index (χ4v) is 1.17. The van der Waals surface area contributed by atoms with Crippen LogP contribution in [-0.2, 0) is 5.41 Å². The minimum atomic E-state index is -0.237. The van der Waals surface area contributed by atoms with Crippen LogP contribution >= 0.6 is 0 Å². The van der Waals surface area contributed by atoms with Crippen molar-refractivity contribution in [3.8, 4) is 0 Å². The molecule has 1 heterocycles. The molecule has 2 amide bonds. The summed E-state index contributed by atoms with van der Waals surface area (Å²) in [5.74, 6) is 1.16. The van der Waals surface area contributed by atoms with Gasteiger partial charge >= 0.3 is 6.03 Å². The Bertz CT molecular complexity index is 404. The Balaban J connectivity index is 2.67. The smallest absolute Gasteiger partial charge is 0.323 e. The zero-order chi connectivity index (χ0) is 13.1. The molecule has 0 aliphatic heterocycles. The van der Waals surface area contributed by atoms with E-state index in [2.05, 4.69) is 17.1 Å². The normalized spacial score (nSPS) is 11.1. The number of hydrogen-bond donors (Lipinski definition) is 1. The van der Waals surface area contributed by atoms with Gasteiger partial charge in [0.25, 0.3) is 0 Å². The number of hydrogen-bond acceptors (Lipinski definition) is 3. The third-order valence-electron chi connectivity index (χ3n) is 2.23. The fraction of sp³-hybridized carbons (Fsp3) is 0.500. The molecule has 5 nitrogen and oxygen atoms in total. The molecule has 0 fully saturated rings. The standard InChI is InChI=1S/C12H19N3O2/c1-6-7-15(5)11(16)13-10-8-9(17-14-10)12(2,3)4/h6,8H,1,7H2,2-5H3,(H,13,14,16). The SMILES string of the molecule is C=CCN(C)C(=O)Nc1cc(C(C)(C)C)on1. The molecule has 0 saturated carbocycles. The van der Waals surface area contributed by atoms with Gasteiger partial charge in [-0.3, -0.25) is 5.32 Å². The van der Waals surface area contributed by atoms with Crippen molar-refractivity contribution in [2.45, 2.75) is 26.2 Å². The van der Waals surface area contributed by atoms with E-state index in [-0.39, 0.29) is 11.4 Å². The summed E-state index contributed by atoms with van der Waals surface area (Å²) in [4.78, 5) is 13.1. The first-order valence-corrected chi connectivity index (χ1v) is 5.45. The highest BCUT2D eigenvalue weighted by Gasteiger charge is 2.20. The molecule has 0 aliphatic rings. The highest BCUT2D eigenvalue weighted by Crippen LogP contribution is 2.24. The summed E-state index contributed by atoms with van der Waals surface area (Å²) in [6.07, 6.45) is 1.66. The van der Waals surface area contributed by atoms with Crippen molar-refractivity contribution < 1.29 is 9.32 Å². The highest BCUT2D eigenvalue weighted by molar-refractivity contribution is 5.88. The van der Waals surface area contributed by atoms with Gasteiger partial charge in [0.1, 0.15) is 5.76 Å². The monoisotopic (exact) mass is 237 g/mol. The molecule has 0 saturated heterocycles. The zero-order valence-corrected chi connectivity index (χ0v) is 10.8. The first-order valence-electron chi connectivity index (χ1n) is 5.45. The van der Waals surface area contributed by atoms with E-state index in [1.165, 1.54) is 4.90 Å². The van der Waals surface area contributed by atoms with Crippen LogP contribution in [0.2, 0.25) is 0 Å². The minimum absolute atomic E-state index is 0.122. The predicted octanol–water partition coefficient (Wildman–Crippen LogP) is 2.62. The molecule has 94 valence electrons. The van der Waals surface area contributed by atoms with E-state index in [1.54, 1.807) is 19.2 Å². The Hall–Kier alpha value is -1.78. The number of carbonyl (C=O) groups is 1. The van der Waals surface area contributed by atoms with Gasteiger partial charge in [0.15, 0.2) is 5.82 Å². The summed E-state index contributed by atoms with van der Waals surface area (Å²) in [7, 11) is 1.68. The van der Waals surface area contributed by atoms with E-state index >= 15 is 0 Å². The molecule has 0 aliphatic carbocycles. The topological polar surface area (TPSA) is 58.4 Å². The average molecular weight is 237 g/mol. The number of nitrogens with one attached hydrogen (secondary N) is 1. The van der Waals surface area contributed by atoms with Crippen LogP contribution in [-0.4, -0.2) is 29.7 Å². The second-order valence-electron chi connectivity index (χ2n) is 4.93. The van der Waals surface area contributed by atoms with E-state index in [4.69, 9.17) is 4.52 Å². The molecule has 1 aromatic heterocycles. The second-order valence-corrected chi connectivity index (χ2v) is 4.93. The molecular formula is C12H19N3O2. The summed E-state index contributed by atoms with van der Waals surface area (Å²) >= 11 is 0. The summed E-state index contributed by atoms with van der Waals surface area (Å²) in [6.45, 7) is 10.1. The van der Waals surface area contributed by atoms with Crippen LogP contribution in [0.15, 0.2) is 23.2 Å². The van der Waals surface area contributed by atoms with Gasteiger partial charge in [-0.25, -0.2) is 4.79 Å². The van der Waals surface area contributed by atoms with Gasteiger partial charge in [-0.2, -0.15) is 0 Å². The Morgan fingerprint density at radius 3 is 2.76 bits per heavy atom. The third kappa shape index (κ3) is 3.62. The van der Waals surface area contributed by atoms with Gasteiger partial charge in [0.2, 0.25) is 0 Å². The predicted molar refractivity (Wildman–Crippen MR) is 67.0 cm³/mol. The molecule has 1 N–H and O–H groups in total. The van der Waals surface area contributed by atoms with E-state index in [1.807, 2.05) is 20.8 Å². The van der Waals surface area contributed by atoms with E-state index in [0.29, 0.717) is 12.4 Å². The van der Waals surface area contributed by atoms with Crippen molar-refractivity contribution >= 4 is 11.8 Å². The van der Waals surface area contributed by atoms with Gasteiger partial charge in [-0.15, -0.1) is 6.58 Å². The highest BCUT2D eigenvalue weighted by atomic mass is 16.5. The number of carbonyl (C=O) groups excluding carboxylic acids is 1. The van der Waals surface area contributed by atoms with Crippen LogP contribution in [0, 0.1) is 0 Å². The first kappa shape index (κ1) is 13.3. The van der Waals surface area contributed by atoms with Crippen LogP contribution in [0.5, 0.6) is 0 Å². The maximum atomic E-state index is 11.6. The van der Waals surface area contributed by atoms with Crippen molar-refractivity contribution in [1.82, 2.24) is 10.1 Å². The van der Waals surface area contributed by atoms with Crippen molar-refractivity contribution in [3.63, 3.8) is 0 Å². The lowest BCUT2D eigenvalue weighted by molar-refractivity contribution is 0.226. The largest absolute Gasteiger partial charge is 0.359 e. The first-order chi connectivity index (χ1) is 7.84. The lowest BCUT2D eigenvalue weighted by Crippen LogP contribution is -2.31. The van der Waals surface area contributed by atoms with Crippen molar-refractivity contribution in [2.75, 3.05) is 18.9 Å². The summed E-state index contributed by atoms with van der Waals surface area (Å²) in [5.41, 5.74) is -0.122. The number of likely N-dealkylation sites (N-methyl/N-ethyl adjacent to an activating group) is 1. The molecule has 0 unspecified atom stereocenters. The maximum absolute atomic E-state index is 11.6. The molecule has 0 spiro atoms. The van der Waals surface area contributed by atoms with Gasteiger partial charge < -0.3 is 9.42 Å². The Morgan fingerprint density at radius 2 is 2.29 bits per heavy atom. The van der Waals surface area contributed by atoms with E-state index < -0.39 is 0 Å². The third-order valence-corrected chi connectivity index (χ3v) is 2.23. The molecule has 5 heteroatoms. The van der Waals surface area contributed by atoms with Crippen LogP contribution in [0.4, 0.5) is 10.6 Å². The summed E-state index contributed by atoms with van der Waals surface area (Å²) < 4.78 is 5.17. The molecule has 0 aromatic carbocycles. The average Bonchev–Trinajstić information content (AvgIpc) is 2.66. The van der Waals surface area contributed by atoms with Crippen molar-refractivity contribution in [2.24, 2.45) is 0 Å². The lowest BCUT2D eigenvalue weighted by Gasteiger charge is -2.14. The molecule has 17 heavy (non-hydrogen) atoms. The Kier molecular flexibility index (Phi) is 3.93. The van der Waals surface area contributed by atoms with E-state index in [9.17, 15) is 4.79 Å². The lowest BCUT2D eigenvalue weighted by atomic mass is 9.93. The number of anilines is 1. The molecule has 0 radical (unpaired) electrons. The Labute approximate surface area is 101 Å². The Morgan fingerprint density at radius 1 is 1.65 bits per heavy atom. The fourth-order valence-electron chi connectivity index (χ4n) is 1.17. The minimum Gasteiger partial charge on any atom is -0.359 e. The van der Waals surface area contributed by atoms with Crippen molar-refractivity contribution in [1.29, 1.82) is 0 Å². The van der Waals surface area contributed by atoms with Crippen LogP contribution < -0.4 is 5.32 Å². The number of urea groups is 1. The van der Waals surface area contributed by atoms with Gasteiger partial charge in [-0.1, -0.05) is 32.0 Å².